The van der Waals surface area contributed by atoms with Gasteiger partial charge in [-0.25, -0.2) is 8.42 Å². The van der Waals surface area contributed by atoms with Gasteiger partial charge in [-0.15, -0.1) is 0 Å². The van der Waals surface area contributed by atoms with E-state index in [1.165, 1.54) is 23.2 Å². The molecular weight excluding hydrogens is 256 g/mol. The Balaban J connectivity index is 2.17. The molecule has 0 radical (unpaired) electrons. The number of nitrogens with one attached hydrogen (secondary N) is 1. The van der Waals surface area contributed by atoms with Crippen LogP contribution in [0, 0.1) is 0 Å². The van der Waals surface area contributed by atoms with Gasteiger partial charge >= 0.3 is 0 Å². The molecule has 0 aliphatic carbocycles. The quantitative estimate of drug-likeness (QED) is 0.754. The fourth-order valence-electron chi connectivity index (χ4n) is 1.90. The fourth-order valence-corrected chi connectivity index (χ4v) is 3.17. The maximum atomic E-state index is 12.1. The van der Waals surface area contributed by atoms with E-state index in [9.17, 15) is 18.0 Å². The van der Waals surface area contributed by atoms with Gasteiger partial charge in [0.05, 0.1) is 11.5 Å². The molecule has 2 heterocycles. The third-order valence-corrected chi connectivity index (χ3v) is 4.58. The first kappa shape index (κ1) is 12.8. The zero-order valence-corrected chi connectivity index (χ0v) is 10.6. The van der Waals surface area contributed by atoms with Crippen molar-refractivity contribution in [3.8, 4) is 0 Å². The SMILES string of the molecule is O=C(c1cc[nH]c(=O)c1)N1CCCS(=O)(=O)CC1. The third-order valence-electron chi connectivity index (χ3n) is 2.86. The smallest absolute Gasteiger partial charge is 0.254 e. The predicted octanol–water partition coefficient (Wildman–Crippen LogP) is -0.364. The van der Waals surface area contributed by atoms with Crippen LogP contribution in [-0.4, -0.2) is 48.8 Å². The molecule has 1 N–H and O–H groups in total. The molecule has 0 saturated carbocycles. The van der Waals surface area contributed by atoms with Crippen LogP contribution in [0.15, 0.2) is 23.1 Å². The van der Waals surface area contributed by atoms with Gasteiger partial charge in [-0.2, -0.15) is 0 Å². The van der Waals surface area contributed by atoms with Crippen LogP contribution in [0.2, 0.25) is 0 Å². The van der Waals surface area contributed by atoms with Crippen molar-refractivity contribution in [3.63, 3.8) is 0 Å². The number of rotatable bonds is 1. The van der Waals surface area contributed by atoms with Crippen LogP contribution in [0.1, 0.15) is 16.8 Å². The van der Waals surface area contributed by atoms with Gasteiger partial charge in [-0.3, -0.25) is 9.59 Å². The molecule has 6 nitrogen and oxygen atoms in total. The van der Waals surface area contributed by atoms with Crippen molar-refractivity contribution in [1.82, 2.24) is 9.88 Å². The fraction of sp³-hybridized carbons (Fsp3) is 0.455. The summed E-state index contributed by atoms with van der Waals surface area (Å²) >= 11 is 0. The van der Waals surface area contributed by atoms with Crippen molar-refractivity contribution in [2.24, 2.45) is 0 Å². The van der Waals surface area contributed by atoms with Gasteiger partial charge in [0.15, 0.2) is 9.84 Å². The lowest BCUT2D eigenvalue weighted by atomic mass is 10.2. The van der Waals surface area contributed by atoms with E-state index in [4.69, 9.17) is 0 Å². The number of aromatic amines is 1. The van der Waals surface area contributed by atoms with Crippen molar-refractivity contribution >= 4 is 15.7 Å². The average molecular weight is 270 g/mol. The summed E-state index contributed by atoms with van der Waals surface area (Å²) in [5, 5.41) is 0. The Morgan fingerprint density at radius 3 is 2.78 bits per heavy atom. The molecule has 1 aliphatic heterocycles. The molecule has 0 atom stereocenters. The minimum Gasteiger partial charge on any atom is -0.338 e. The lowest BCUT2D eigenvalue weighted by molar-refractivity contribution is 0.0768. The van der Waals surface area contributed by atoms with E-state index >= 15 is 0 Å². The van der Waals surface area contributed by atoms with Gasteiger partial charge in [-0.05, 0) is 12.5 Å². The molecule has 0 unspecified atom stereocenters. The predicted molar refractivity (Wildman–Crippen MR) is 66.2 cm³/mol. The first-order chi connectivity index (χ1) is 8.48. The van der Waals surface area contributed by atoms with Crippen LogP contribution in [0.25, 0.3) is 0 Å². The van der Waals surface area contributed by atoms with E-state index in [-0.39, 0.29) is 35.1 Å². The number of pyridine rings is 1. The van der Waals surface area contributed by atoms with E-state index in [0.29, 0.717) is 13.0 Å². The second-order valence-corrected chi connectivity index (χ2v) is 6.54. The summed E-state index contributed by atoms with van der Waals surface area (Å²) in [5.41, 5.74) is -0.0543. The summed E-state index contributed by atoms with van der Waals surface area (Å²) in [4.78, 5) is 27.1. The molecule has 1 aromatic heterocycles. The van der Waals surface area contributed by atoms with E-state index < -0.39 is 9.84 Å². The van der Waals surface area contributed by atoms with E-state index in [0.717, 1.165) is 0 Å². The van der Waals surface area contributed by atoms with Crippen LogP contribution >= 0.6 is 0 Å². The van der Waals surface area contributed by atoms with E-state index in [1.807, 2.05) is 0 Å². The number of H-pyrrole nitrogens is 1. The molecule has 0 spiro atoms. The highest BCUT2D eigenvalue weighted by atomic mass is 32.2. The van der Waals surface area contributed by atoms with Crippen molar-refractivity contribution in [1.29, 1.82) is 0 Å². The second-order valence-electron chi connectivity index (χ2n) is 4.24. The van der Waals surface area contributed by atoms with E-state index in [1.54, 1.807) is 0 Å². The Kier molecular flexibility index (Phi) is 3.51. The molecule has 2 rings (SSSR count). The number of carbonyl (C=O) groups is 1. The topological polar surface area (TPSA) is 87.3 Å². The Labute approximate surface area is 105 Å². The summed E-state index contributed by atoms with van der Waals surface area (Å²) in [6.07, 6.45) is 1.85. The van der Waals surface area contributed by atoms with Crippen LogP contribution in [0.5, 0.6) is 0 Å². The van der Waals surface area contributed by atoms with Gasteiger partial charge < -0.3 is 9.88 Å². The summed E-state index contributed by atoms with van der Waals surface area (Å²) in [7, 11) is -3.04. The highest BCUT2D eigenvalue weighted by Crippen LogP contribution is 2.09. The molecule has 1 fully saturated rings. The monoisotopic (exact) mass is 270 g/mol. The summed E-state index contributed by atoms with van der Waals surface area (Å²) in [5.74, 6) is -0.188. The van der Waals surface area contributed by atoms with Gasteiger partial charge in [0.25, 0.3) is 5.91 Å². The Hall–Kier alpha value is -1.63. The molecule has 1 saturated heterocycles. The first-order valence-electron chi connectivity index (χ1n) is 5.66. The maximum absolute atomic E-state index is 12.1. The Morgan fingerprint density at radius 2 is 2.06 bits per heavy atom. The molecule has 7 heteroatoms. The number of hydrogen-bond acceptors (Lipinski definition) is 4. The normalized spacial score (nSPS) is 19.2. The molecule has 1 aliphatic rings. The summed E-state index contributed by atoms with van der Waals surface area (Å²) < 4.78 is 22.9. The highest BCUT2D eigenvalue weighted by molar-refractivity contribution is 7.91. The van der Waals surface area contributed by atoms with Gasteiger partial charge in [0, 0.05) is 30.9 Å². The molecule has 1 amide bonds. The van der Waals surface area contributed by atoms with Crippen LogP contribution in [0.4, 0.5) is 0 Å². The minimum absolute atomic E-state index is 0.0120. The number of aromatic nitrogens is 1. The average Bonchev–Trinajstić information content (AvgIpc) is 2.49. The number of amides is 1. The van der Waals surface area contributed by atoms with Crippen molar-refractivity contribution in [3.05, 3.63) is 34.2 Å². The highest BCUT2D eigenvalue weighted by Gasteiger charge is 2.23. The van der Waals surface area contributed by atoms with Gasteiger partial charge in [-0.1, -0.05) is 0 Å². The molecule has 1 aromatic rings. The molecule has 98 valence electrons. The molecular formula is C11H14N2O4S. The van der Waals surface area contributed by atoms with Gasteiger partial charge in [0.1, 0.15) is 0 Å². The van der Waals surface area contributed by atoms with E-state index in [2.05, 4.69) is 4.98 Å². The molecule has 0 bridgehead atoms. The molecule has 0 aromatic carbocycles. The summed E-state index contributed by atoms with van der Waals surface area (Å²) in [6.45, 7) is 0.596. The first-order valence-corrected chi connectivity index (χ1v) is 7.48. The number of sulfone groups is 1. The van der Waals surface area contributed by atoms with Crippen molar-refractivity contribution < 1.29 is 13.2 Å². The Morgan fingerprint density at radius 1 is 1.28 bits per heavy atom. The maximum Gasteiger partial charge on any atom is 0.254 e. The number of carbonyl (C=O) groups excluding carboxylic acids is 1. The summed E-state index contributed by atoms with van der Waals surface area (Å²) in [6, 6.07) is 2.74. The number of hydrogen-bond donors (Lipinski definition) is 1. The zero-order chi connectivity index (χ0) is 13.2. The Bertz CT molecular complexity index is 605. The second kappa shape index (κ2) is 4.93. The van der Waals surface area contributed by atoms with Crippen molar-refractivity contribution in [2.45, 2.75) is 6.42 Å². The minimum atomic E-state index is -3.04. The lowest BCUT2D eigenvalue weighted by Gasteiger charge is -2.19. The van der Waals surface area contributed by atoms with Crippen LogP contribution < -0.4 is 5.56 Å². The van der Waals surface area contributed by atoms with Crippen LogP contribution in [0.3, 0.4) is 0 Å². The third kappa shape index (κ3) is 2.98. The zero-order valence-electron chi connectivity index (χ0n) is 9.76. The standard InChI is InChI=1S/C11H14N2O4S/c14-10-8-9(2-3-12-10)11(15)13-4-1-6-18(16,17)7-5-13/h2-3,8H,1,4-7H2,(H,12,14). The largest absolute Gasteiger partial charge is 0.338 e. The number of nitrogens with zero attached hydrogens (tertiary/aromatic N) is 1. The van der Waals surface area contributed by atoms with Gasteiger partial charge in [0.2, 0.25) is 5.56 Å². The van der Waals surface area contributed by atoms with Crippen LogP contribution in [-0.2, 0) is 9.84 Å². The van der Waals surface area contributed by atoms with Crippen molar-refractivity contribution in [2.75, 3.05) is 24.6 Å². The molecule has 18 heavy (non-hydrogen) atoms. The lowest BCUT2D eigenvalue weighted by Crippen LogP contribution is -2.34.